The molecule has 0 unspecified atom stereocenters. The van der Waals surface area contributed by atoms with E-state index in [1.807, 2.05) is 6.07 Å². The van der Waals surface area contributed by atoms with Crippen molar-refractivity contribution in [3.63, 3.8) is 0 Å². The highest BCUT2D eigenvalue weighted by Crippen LogP contribution is 2.21. The first-order valence-electron chi connectivity index (χ1n) is 6.91. The second-order valence-corrected chi connectivity index (χ2v) is 4.76. The van der Waals surface area contributed by atoms with Crippen LogP contribution in [0.4, 0.5) is 5.69 Å². The predicted octanol–water partition coefficient (Wildman–Crippen LogP) is 2.14. The zero-order valence-corrected chi connectivity index (χ0v) is 12.7. The summed E-state index contributed by atoms with van der Waals surface area (Å²) in [7, 11) is 1.40. The quantitative estimate of drug-likeness (QED) is 0.479. The SMILES string of the molecule is CO[C@H](C(=O)N/N=C\c1cc([N+](=O)[O-])ccc1O)c1ccccc1. The lowest BCUT2D eigenvalue weighted by Crippen LogP contribution is -2.26. The van der Waals surface area contributed by atoms with Crippen molar-refractivity contribution in [2.24, 2.45) is 5.10 Å². The van der Waals surface area contributed by atoms with Gasteiger partial charge in [-0.15, -0.1) is 0 Å². The summed E-state index contributed by atoms with van der Waals surface area (Å²) in [6.45, 7) is 0. The third kappa shape index (κ3) is 4.14. The summed E-state index contributed by atoms with van der Waals surface area (Å²) in [5, 5.41) is 24.1. The van der Waals surface area contributed by atoms with Crippen LogP contribution < -0.4 is 5.43 Å². The Labute approximate surface area is 137 Å². The number of nitrogens with zero attached hydrogens (tertiary/aromatic N) is 2. The van der Waals surface area contributed by atoms with Crippen molar-refractivity contribution < 1.29 is 19.6 Å². The molecule has 24 heavy (non-hydrogen) atoms. The van der Waals surface area contributed by atoms with E-state index in [1.54, 1.807) is 24.3 Å². The number of nitro benzene ring substituents is 1. The number of hydrogen-bond acceptors (Lipinski definition) is 6. The average molecular weight is 329 g/mol. The molecule has 0 aliphatic carbocycles. The highest BCUT2D eigenvalue weighted by Gasteiger charge is 2.19. The van der Waals surface area contributed by atoms with Crippen molar-refractivity contribution in [3.8, 4) is 5.75 Å². The van der Waals surface area contributed by atoms with Gasteiger partial charge in [0, 0.05) is 24.8 Å². The number of benzene rings is 2. The van der Waals surface area contributed by atoms with Crippen LogP contribution in [0.1, 0.15) is 17.2 Å². The largest absolute Gasteiger partial charge is 0.507 e. The predicted molar refractivity (Wildman–Crippen MR) is 86.7 cm³/mol. The van der Waals surface area contributed by atoms with E-state index < -0.39 is 16.9 Å². The zero-order valence-electron chi connectivity index (χ0n) is 12.7. The van der Waals surface area contributed by atoms with E-state index in [1.165, 1.54) is 19.2 Å². The highest BCUT2D eigenvalue weighted by atomic mass is 16.6. The lowest BCUT2D eigenvalue weighted by molar-refractivity contribution is -0.384. The Bertz CT molecular complexity index is 762. The number of hydrazone groups is 1. The number of carbonyl (C=O) groups is 1. The maximum Gasteiger partial charge on any atom is 0.273 e. The molecule has 0 saturated carbocycles. The summed E-state index contributed by atoms with van der Waals surface area (Å²) in [5.41, 5.74) is 2.85. The van der Waals surface area contributed by atoms with Crippen LogP contribution in [-0.2, 0) is 9.53 Å². The monoisotopic (exact) mass is 329 g/mol. The Morgan fingerprint density at radius 3 is 2.67 bits per heavy atom. The van der Waals surface area contributed by atoms with E-state index in [-0.39, 0.29) is 17.0 Å². The van der Waals surface area contributed by atoms with Crippen molar-refractivity contribution in [2.75, 3.05) is 7.11 Å². The molecule has 2 aromatic carbocycles. The van der Waals surface area contributed by atoms with E-state index >= 15 is 0 Å². The highest BCUT2D eigenvalue weighted by molar-refractivity contribution is 5.87. The van der Waals surface area contributed by atoms with E-state index in [0.29, 0.717) is 5.56 Å². The van der Waals surface area contributed by atoms with E-state index in [4.69, 9.17) is 4.74 Å². The van der Waals surface area contributed by atoms with Crippen molar-refractivity contribution in [3.05, 3.63) is 69.8 Å². The molecule has 124 valence electrons. The van der Waals surface area contributed by atoms with Crippen molar-refractivity contribution in [2.45, 2.75) is 6.10 Å². The molecule has 0 spiro atoms. The molecule has 0 aliphatic heterocycles. The summed E-state index contributed by atoms with van der Waals surface area (Å²) in [6, 6.07) is 12.4. The molecule has 1 atom stereocenters. The number of nitrogens with one attached hydrogen (secondary N) is 1. The van der Waals surface area contributed by atoms with Crippen LogP contribution in [0.2, 0.25) is 0 Å². The van der Waals surface area contributed by atoms with E-state index in [0.717, 1.165) is 12.3 Å². The second kappa shape index (κ2) is 7.84. The lowest BCUT2D eigenvalue weighted by Gasteiger charge is -2.13. The molecule has 8 heteroatoms. The smallest absolute Gasteiger partial charge is 0.273 e. The first-order chi connectivity index (χ1) is 11.5. The molecule has 0 saturated heterocycles. The fourth-order valence-corrected chi connectivity index (χ4v) is 2.01. The molecule has 0 aromatic heterocycles. The van der Waals surface area contributed by atoms with Gasteiger partial charge in [-0.25, -0.2) is 5.43 Å². The number of amides is 1. The van der Waals surface area contributed by atoms with E-state index in [2.05, 4.69) is 10.5 Å². The van der Waals surface area contributed by atoms with Gasteiger partial charge in [-0.2, -0.15) is 5.10 Å². The first-order valence-corrected chi connectivity index (χ1v) is 6.91. The third-order valence-electron chi connectivity index (χ3n) is 3.18. The first kappa shape index (κ1) is 17.1. The maximum atomic E-state index is 12.1. The fourth-order valence-electron chi connectivity index (χ4n) is 2.01. The van der Waals surface area contributed by atoms with Crippen LogP contribution in [0.3, 0.4) is 0 Å². The lowest BCUT2D eigenvalue weighted by atomic mass is 10.1. The van der Waals surface area contributed by atoms with Crippen molar-refractivity contribution >= 4 is 17.8 Å². The fraction of sp³-hybridized carbons (Fsp3) is 0.125. The number of phenols is 1. The van der Waals surface area contributed by atoms with Crippen LogP contribution >= 0.6 is 0 Å². The van der Waals surface area contributed by atoms with E-state index in [9.17, 15) is 20.0 Å². The van der Waals surface area contributed by atoms with Crippen LogP contribution in [-0.4, -0.2) is 29.3 Å². The molecular weight excluding hydrogens is 314 g/mol. The van der Waals surface area contributed by atoms with Crippen LogP contribution in [0.25, 0.3) is 0 Å². The van der Waals surface area contributed by atoms with Gasteiger partial charge in [-0.3, -0.25) is 14.9 Å². The third-order valence-corrected chi connectivity index (χ3v) is 3.18. The maximum absolute atomic E-state index is 12.1. The minimum Gasteiger partial charge on any atom is -0.507 e. The molecule has 0 heterocycles. The van der Waals surface area contributed by atoms with Gasteiger partial charge < -0.3 is 9.84 Å². The molecular formula is C16H15N3O5. The van der Waals surface area contributed by atoms with Gasteiger partial charge in [-0.1, -0.05) is 30.3 Å². The van der Waals surface area contributed by atoms with Crippen LogP contribution in [0.5, 0.6) is 5.75 Å². The number of phenolic OH excluding ortho intramolecular Hbond substituents is 1. The molecule has 0 radical (unpaired) electrons. The van der Waals surface area contributed by atoms with Crippen LogP contribution in [0.15, 0.2) is 53.6 Å². The Kier molecular flexibility index (Phi) is 5.58. The number of nitro groups is 1. The molecule has 1 amide bonds. The van der Waals surface area contributed by atoms with Gasteiger partial charge in [0.05, 0.1) is 11.1 Å². The molecule has 2 aromatic rings. The van der Waals surface area contributed by atoms with Gasteiger partial charge in [-0.05, 0) is 11.6 Å². The van der Waals surface area contributed by atoms with Crippen molar-refractivity contribution in [1.29, 1.82) is 0 Å². The number of aromatic hydroxyl groups is 1. The summed E-state index contributed by atoms with van der Waals surface area (Å²) in [5.74, 6) is -0.699. The topological polar surface area (TPSA) is 114 Å². The van der Waals surface area contributed by atoms with Gasteiger partial charge in [0.25, 0.3) is 11.6 Å². The summed E-state index contributed by atoms with van der Waals surface area (Å²) in [6.07, 6.45) is 0.278. The van der Waals surface area contributed by atoms with Gasteiger partial charge in [0.1, 0.15) is 5.75 Å². The minimum atomic E-state index is -0.845. The molecule has 0 fully saturated rings. The Balaban J connectivity index is 2.09. The van der Waals surface area contributed by atoms with Gasteiger partial charge in [0.2, 0.25) is 0 Å². The number of methoxy groups -OCH3 is 1. The zero-order chi connectivity index (χ0) is 17.5. The molecule has 0 aliphatic rings. The van der Waals surface area contributed by atoms with Crippen molar-refractivity contribution in [1.82, 2.24) is 5.43 Å². The number of ether oxygens (including phenoxy) is 1. The number of hydrogen-bond donors (Lipinski definition) is 2. The Morgan fingerprint density at radius 2 is 2.04 bits per heavy atom. The average Bonchev–Trinajstić information content (AvgIpc) is 2.58. The summed E-state index contributed by atoms with van der Waals surface area (Å²) in [4.78, 5) is 22.2. The number of rotatable bonds is 6. The van der Waals surface area contributed by atoms with Crippen LogP contribution in [0, 0.1) is 10.1 Å². The second-order valence-electron chi connectivity index (χ2n) is 4.76. The number of non-ortho nitro benzene ring substituents is 1. The Hall–Kier alpha value is -3.26. The normalized spacial score (nSPS) is 12.0. The standard InChI is InChI=1S/C16H15N3O5/c1-24-15(11-5-3-2-4-6-11)16(21)18-17-10-12-9-13(19(22)23)7-8-14(12)20/h2-10,15,20H,1H3,(H,18,21)/b17-10-/t15-/m0/s1. The minimum absolute atomic E-state index is 0.109. The molecule has 2 rings (SSSR count). The molecule has 8 nitrogen and oxygen atoms in total. The molecule has 0 bridgehead atoms. The molecule has 2 N–H and O–H groups in total. The summed E-state index contributed by atoms with van der Waals surface area (Å²) < 4.78 is 5.15. The summed E-state index contributed by atoms with van der Waals surface area (Å²) >= 11 is 0. The number of carbonyl (C=O) groups excluding carboxylic acids is 1. The van der Waals surface area contributed by atoms with Gasteiger partial charge >= 0.3 is 0 Å². The Morgan fingerprint density at radius 1 is 1.33 bits per heavy atom. The van der Waals surface area contributed by atoms with Gasteiger partial charge in [0.15, 0.2) is 6.10 Å².